The molecule has 2 atom stereocenters. The molecule has 2 aromatic heterocycles. The van der Waals surface area contributed by atoms with Crippen molar-refractivity contribution < 1.29 is 9.63 Å². The first-order chi connectivity index (χ1) is 14.3. The van der Waals surface area contributed by atoms with Crippen molar-refractivity contribution in [3.8, 4) is 0 Å². The molecule has 0 amide bonds. The average molecular weight is 415 g/mol. The zero-order valence-corrected chi connectivity index (χ0v) is 19.3. The van der Waals surface area contributed by atoms with Crippen molar-refractivity contribution in [3.63, 3.8) is 0 Å². The van der Waals surface area contributed by atoms with E-state index in [1.165, 1.54) is 0 Å². The predicted octanol–water partition coefficient (Wildman–Crippen LogP) is 4.20. The van der Waals surface area contributed by atoms with Crippen LogP contribution in [-0.2, 0) is 11.8 Å². The Hall–Kier alpha value is -1.92. The zero-order valence-electron chi connectivity index (χ0n) is 19.3. The lowest BCUT2D eigenvalue weighted by molar-refractivity contribution is 0.112. The summed E-state index contributed by atoms with van der Waals surface area (Å²) in [4.78, 5) is 9.44. The van der Waals surface area contributed by atoms with E-state index in [-0.39, 0.29) is 11.3 Å². The van der Waals surface area contributed by atoms with E-state index >= 15 is 0 Å². The largest absolute Gasteiger partial charge is 0.388 e. The van der Waals surface area contributed by atoms with Crippen molar-refractivity contribution in [3.05, 3.63) is 41.4 Å². The minimum Gasteiger partial charge on any atom is -0.388 e. The number of rotatable bonds is 8. The van der Waals surface area contributed by atoms with Gasteiger partial charge in [0.15, 0.2) is 0 Å². The van der Waals surface area contributed by atoms with Gasteiger partial charge in [-0.25, -0.2) is 4.98 Å². The van der Waals surface area contributed by atoms with Crippen LogP contribution in [0.5, 0.6) is 0 Å². The van der Waals surface area contributed by atoms with Crippen LogP contribution >= 0.6 is 0 Å². The fourth-order valence-corrected chi connectivity index (χ4v) is 3.96. The fourth-order valence-electron chi connectivity index (χ4n) is 3.96. The summed E-state index contributed by atoms with van der Waals surface area (Å²) >= 11 is 0. The summed E-state index contributed by atoms with van der Waals surface area (Å²) in [6.45, 7) is 15.6. The number of piperazine rings is 1. The summed E-state index contributed by atoms with van der Waals surface area (Å²) < 4.78 is 5.50. The standard InChI is InChI=1S/C24H38N4O2/c1-6-7-18(2)23(29)19-8-9-22(25-17-19)28-14-12-27(13-15-28)11-10-20-16-21(30-26-20)24(3,4)5/h8-9,16-18,23,29H,6-7,10-15H2,1-5H3. The lowest BCUT2D eigenvalue weighted by Crippen LogP contribution is -2.47. The normalized spacial score (nSPS) is 17.9. The second-order valence-corrected chi connectivity index (χ2v) is 9.67. The van der Waals surface area contributed by atoms with Crippen LogP contribution in [0.1, 0.15) is 70.6 Å². The van der Waals surface area contributed by atoms with Crippen LogP contribution in [0.4, 0.5) is 5.82 Å². The molecule has 6 heteroatoms. The van der Waals surface area contributed by atoms with Crippen molar-refractivity contribution in [2.45, 2.75) is 65.4 Å². The van der Waals surface area contributed by atoms with Gasteiger partial charge in [-0.1, -0.05) is 52.3 Å². The van der Waals surface area contributed by atoms with Crippen LogP contribution in [-0.4, -0.2) is 52.9 Å². The van der Waals surface area contributed by atoms with Gasteiger partial charge in [-0.15, -0.1) is 0 Å². The van der Waals surface area contributed by atoms with Gasteiger partial charge in [0.25, 0.3) is 0 Å². The molecular formula is C24H38N4O2. The average Bonchev–Trinajstić information content (AvgIpc) is 3.22. The Morgan fingerprint density at radius 2 is 1.90 bits per heavy atom. The molecule has 0 aromatic carbocycles. The molecule has 0 radical (unpaired) electrons. The maximum absolute atomic E-state index is 10.5. The Bertz CT molecular complexity index is 773. The highest BCUT2D eigenvalue weighted by Crippen LogP contribution is 2.26. The number of nitrogens with zero attached hydrogens (tertiary/aromatic N) is 4. The molecule has 1 saturated heterocycles. The van der Waals surface area contributed by atoms with E-state index in [2.05, 4.69) is 66.7 Å². The number of hydrogen-bond donors (Lipinski definition) is 1. The third-order valence-corrected chi connectivity index (χ3v) is 6.07. The van der Waals surface area contributed by atoms with E-state index in [0.29, 0.717) is 0 Å². The minimum absolute atomic E-state index is 0.00348. The lowest BCUT2D eigenvalue weighted by Gasteiger charge is -2.35. The van der Waals surface area contributed by atoms with Crippen LogP contribution in [0.2, 0.25) is 0 Å². The van der Waals surface area contributed by atoms with E-state index in [1.54, 1.807) is 0 Å². The summed E-state index contributed by atoms with van der Waals surface area (Å²) in [6, 6.07) is 6.18. The monoisotopic (exact) mass is 414 g/mol. The number of anilines is 1. The van der Waals surface area contributed by atoms with Gasteiger partial charge in [-0.2, -0.15) is 0 Å². The molecule has 0 bridgehead atoms. The van der Waals surface area contributed by atoms with Gasteiger partial charge in [-0.3, -0.25) is 4.90 Å². The SMILES string of the molecule is CCCC(C)C(O)c1ccc(N2CCN(CCc3cc(C(C)(C)C)on3)CC2)nc1. The molecule has 6 nitrogen and oxygen atoms in total. The molecule has 1 aliphatic heterocycles. The summed E-state index contributed by atoms with van der Waals surface area (Å²) in [5, 5.41) is 14.7. The lowest BCUT2D eigenvalue weighted by atomic mass is 9.93. The summed E-state index contributed by atoms with van der Waals surface area (Å²) in [6.07, 6.45) is 4.44. The third-order valence-electron chi connectivity index (χ3n) is 6.07. The molecule has 3 heterocycles. The molecule has 2 unspecified atom stereocenters. The Morgan fingerprint density at radius 1 is 1.17 bits per heavy atom. The van der Waals surface area contributed by atoms with Gasteiger partial charge in [-0.05, 0) is 24.0 Å². The molecule has 3 rings (SSSR count). The molecule has 1 fully saturated rings. The number of aromatic nitrogens is 2. The molecule has 0 saturated carbocycles. The summed E-state index contributed by atoms with van der Waals surface area (Å²) in [5.41, 5.74) is 1.96. The molecule has 2 aromatic rings. The van der Waals surface area contributed by atoms with E-state index < -0.39 is 6.10 Å². The maximum atomic E-state index is 10.5. The van der Waals surface area contributed by atoms with Crippen LogP contribution in [0.15, 0.2) is 28.9 Å². The van der Waals surface area contributed by atoms with Crippen molar-refractivity contribution in [2.75, 3.05) is 37.6 Å². The van der Waals surface area contributed by atoms with E-state index in [9.17, 15) is 5.11 Å². The van der Waals surface area contributed by atoms with Gasteiger partial charge >= 0.3 is 0 Å². The molecule has 0 spiro atoms. The van der Waals surface area contributed by atoms with Crippen LogP contribution in [0.3, 0.4) is 0 Å². The molecule has 1 aliphatic rings. The van der Waals surface area contributed by atoms with Crippen molar-refractivity contribution >= 4 is 5.82 Å². The maximum Gasteiger partial charge on any atom is 0.142 e. The van der Waals surface area contributed by atoms with Crippen LogP contribution in [0.25, 0.3) is 0 Å². The van der Waals surface area contributed by atoms with Crippen molar-refractivity contribution in [1.82, 2.24) is 15.0 Å². The number of pyridine rings is 1. The first-order valence-corrected chi connectivity index (χ1v) is 11.4. The Labute approximate surface area is 181 Å². The predicted molar refractivity (Wildman–Crippen MR) is 121 cm³/mol. The first kappa shape index (κ1) is 22.8. The van der Waals surface area contributed by atoms with Gasteiger partial charge in [0, 0.05) is 56.8 Å². The topological polar surface area (TPSA) is 65.6 Å². The van der Waals surface area contributed by atoms with Gasteiger partial charge < -0.3 is 14.5 Å². The quantitative estimate of drug-likeness (QED) is 0.698. The third kappa shape index (κ3) is 5.82. The molecule has 30 heavy (non-hydrogen) atoms. The Kier molecular flexibility index (Phi) is 7.53. The summed E-state index contributed by atoms with van der Waals surface area (Å²) in [5.74, 6) is 2.21. The highest BCUT2D eigenvalue weighted by molar-refractivity contribution is 5.40. The number of aliphatic hydroxyl groups excluding tert-OH is 1. The van der Waals surface area contributed by atoms with Crippen molar-refractivity contribution in [2.24, 2.45) is 5.92 Å². The second kappa shape index (κ2) is 9.92. The number of aliphatic hydroxyl groups is 1. The van der Waals surface area contributed by atoms with Gasteiger partial charge in [0.05, 0.1) is 11.8 Å². The fraction of sp³-hybridized carbons (Fsp3) is 0.667. The second-order valence-electron chi connectivity index (χ2n) is 9.67. The Morgan fingerprint density at radius 3 is 2.47 bits per heavy atom. The highest BCUT2D eigenvalue weighted by Gasteiger charge is 2.22. The molecule has 0 aliphatic carbocycles. The first-order valence-electron chi connectivity index (χ1n) is 11.4. The highest BCUT2D eigenvalue weighted by atomic mass is 16.5. The Balaban J connectivity index is 1.46. The zero-order chi connectivity index (χ0) is 21.7. The van der Waals surface area contributed by atoms with Gasteiger partial charge in [0.2, 0.25) is 0 Å². The van der Waals surface area contributed by atoms with Gasteiger partial charge in [0.1, 0.15) is 11.6 Å². The van der Waals surface area contributed by atoms with E-state index in [1.807, 2.05) is 12.3 Å². The summed E-state index contributed by atoms with van der Waals surface area (Å²) in [7, 11) is 0. The van der Waals surface area contributed by atoms with Crippen LogP contribution in [0, 0.1) is 5.92 Å². The van der Waals surface area contributed by atoms with E-state index in [0.717, 1.165) is 74.8 Å². The minimum atomic E-state index is -0.432. The van der Waals surface area contributed by atoms with Crippen molar-refractivity contribution in [1.29, 1.82) is 0 Å². The van der Waals surface area contributed by atoms with Crippen LogP contribution < -0.4 is 4.90 Å². The molecule has 1 N–H and O–H groups in total. The smallest absolute Gasteiger partial charge is 0.142 e. The molecular weight excluding hydrogens is 376 g/mol. The molecule has 166 valence electrons. The number of hydrogen-bond acceptors (Lipinski definition) is 6. The van der Waals surface area contributed by atoms with E-state index in [4.69, 9.17) is 4.52 Å².